The summed E-state index contributed by atoms with van der Waals surface area (Å²) in [5.74, 6) is 0.419. The van der Waals surface area contributed by atoms with Crippen molar-refractivity contribution in [2.75, 3.05) is 4.43 Å². The fourth-order valence-corrected chi connectivity index (χ4v) is 4.79. The molecule has 118 valence electrons. The van der Waals surface area contributed by atoms with Gasteiger partial charge in [0.05, 0.1) is 0 Å². The Morgan fingerprint density at radius 3 is 2.60 bits per heavy atom. The summed E-state index contributed by atoms with van der Waals surface area (Å²) in [7, 11) is 0. The van der Waals surface area contributed by atoms with Gasteiger partial charge in [0, 0.05) is 0 Å². The van der Waals surface area contributed by atoms with E-state index in [2.05, 4.69) is 19.2 Å². The average Bonchev–Trinajstić information content (AvgIpc) is 2.68. The molecule has 0 bridgehead atoms. The number of hydrogen-bond acceptors (Lipinski definition) is 4. The molecular formula is C14H25INO4-. The molecular weight excluding hydrogens is 373 g/mol. The van der Waals surface area contributed by atoms with Gasteiger partial charge in [-0.3, -0.25) is 0 Å². The van der Waals surface area contributed by atoms with E-state index in [1.54, 1.807) is 0 Å². The fourth-order valence-electron chi connectivity index (χ4n) is 1.68. The van der Waals surface area contributed by atoms with Gasteiger partial charge in [0.1, 0.15) is 0 Å². The standard InChI is InChI=1S/C14H25INO4/c1-9(2)8-15-12(10-6-7-11(17)19-10)16-13(18)20-14(3,4)5/h9-10,12H,6-8H2,1-5H3,(H,16,18)/q-1/t10-,12?/m0/s1. The van der Waals surface area contributed by atoms with Gasteiger partial charge < -0.3 is 0 Å². The van der Waals surface area contributed by atoms with Gasteiger partial charge in [0.25, 0.3) is 0 Å². The quantitative estimate of drug-likeness (QED) is 0.288. The number of rotatable bonds is 5. The SMILES string of the molecule is CC(C)C[I-]C(NC(=O)OC(C)(C)C)[C@@H]1CCC(=O)O1. The molecule has 0 aromatic carbocycles. The Balaban J connectivity index is 2.57. The number of amides is 1. The number of carbonyl (C=O) groups is 2. The van der Waals surface area contributed by atoms with E-state index in [1.807, 2.05) is 20.8 Å². The number of esters is 1. The summed E-state index contributed by atoms with van der Waals surface area (Å²) in [6.45, 7) is 9.82. The van der Waals surface area contributed by atoms with Gasteiger partial charge in [-0.25, -0.2) is 0 Å². The van der Waals surface area contributed by atoms with Crippen molar-refractivity contribution in [3.05, 3.63) is 0 Å². The van der Waals surface area contributed by atoms with E-state index in [-0.39, 0.29) is 37.3 Å². The van der Waals surface area contributed by atoms with Crippen LogP contribution in [0.15, 0.2) is 0 Å². The number of hydrogen-bond donors (Lipinski definition) is 1. The van der Waals surface area contributed by atoms with E-state index >= 15 is 0 Å². The van der Waals surface area contributed by atoms with Gasteiger partial charge >= 0.3 is 131 Å². The number of ether oxygens (including phenoxy) is 2. The summed E-state index contributed by atoms with van der Waals surface area (Å²) >= 11 is -0.279. The van der Waals surface area contributed by atoms with E-state index in [9.17, 15) is 9.59 Å². The van der Waals surface area contributed by atoms with Crippen molar-refractivity contribution in [1.82, 2.24) is 5.32 Å². The molecule has 0 radical (unpaired) electrons. The van der Waals surface area contributed by atoms with Crippen molar-refractivity contribution in [2.45, 2.75) is 63.2 Å². The van der Waals surface area contributed by atoms with E-state index in [0.717, 1.165) is 4.43 Å². The van der Waals surface area contributed by atoms with Crippen LogP contribution in [0.4, 0.5) is 4.79 Å². The summed E-state index contributed by atoms with van der Waals surface area (Å²) in [5.41, 5.74) is -0.517. The number of cyclic esters (lactones) is 1. The Kier molecular flexibility index (Phi) is 6.54. The molecule has 0 aromatic heterocycles. The van der Waals surface area contributed by atoms with Crippen LogP contribution in [0.25, 0.3) is 0 Å². The zero-order chi connectivity index (χ0) is 15.3. The summed E-state index contributed by atoms with van der Waals surface area (Å²) in [5, 5.41) is 2.90. The van der Waals surface area contributed by atoms with Gasteiger partial charge in [-0.1, -0.05) is 0 Å². The van der Waals surface area contributed by atoms with Gasteiger partial charge in [-0.15, -0.1) is 0 Å². The van der Waals surface area contributed by atoms with Crippen LogP contribution in [0.1, 0.15) is 47.5 Å². The third-order valence-corrected chi connectivity index (χ3v) is 6.79. The predicted molar refractivity (Wildman–Crippen MR) is 72.0 cm³/mol. The second-order valence-electron chi connectivity index (χ2n) is 6.32. The first-order valence-corrected chi connectivity index (χ1v) is 9.71. The number of alkyl carbamates (subject to hydrolysis) is 1. The van der Waals surface area contributed by atoms with E-state index in [1.165, 1.54) is 0 Å². The Bertz CT molecular complexity index is 352. The van der Waals surface area contributed by atoms with Crippen LogP contribution in [0.2, 0.25) is 0 Å². The van der Waals surface area contributed by atoms with E-state index < -0.39 is 11.7 Å². The third kappa shape index (κ3) is 6.76. The van der Waals surface area contributed by atoms with Crippen LogP contribution in [-0.4, -0.2) is 32.2 Å². The van der Waals surface area contributed by atoms with Gasteiger partial charge in [-0.2, -0.15) is 0 Å². The van der Waals surface area contributed by atoms with Crippen LogP contribution in [-0.2, 0) is 14.3 Å². The summed E-state index contributed by atoms with van der Waals surface area (Å²) in [6.07, 6.45) is 0.537. The van der Waals surface area contributed by atoms with Crippen molar-refractivity contribution in [3.8, 4) is 0 Å². The van der Waals surface area contributed by atoms with Gasteiger partial charge in [-0.05, 0) is 0 Å². The topological polar surface area (TPSA) is 64.6 Å². The van der Waals surface area contributed by atoms with E-state index in [0.29, 0.717) is 18.8 Å². The molecule has 6 heteroatoms. The van der Waals surface area contributed by atoms with Gasteiger partial charge in [0.2, 0.25) is 0 Å². The van der Waals surface area contributed by atoms with Crippen LogP contribution in [0.5, 0.6) is 0 Å². The van der Waals surface area contributed by atoms with Crippen LogP contribution in [0.3, 0.4) is 0 Å². The zero-order valence-electron chi connectivity index (χ0n) is 12.9. The molecule has 1 amide bonds. The molecule has 1 fully saturated rings. The van der Waals surface area contributed by atoms with Crippen molar-refractivity contribution in [1.29, 1.82) is 0 Å². The molecule has 1 saturated heterocycles. The molecule has 1 heterocycles. The molecule has 2 atom stereocenters. The van der Waals surface area contributed by atoms with Crippen molar-refractivity contribution < 1.29 is 40.3 Å². The molecule has 1 rings (SSSR count). The number of halogens is 1. The molecule has 0 aliphatic carbocycles. The third-order valence-electron chi connectivity index (χ3n) is 2.46. The minimum atomic E-state index is -0.517. The van der Waals surface area contributed by atoms with Crippen LogP contribution < -0.4 is 26.5 Å². The Morgan fingerprint density at radius 1 is 1.50 bits per heavy atom. The molecule has 20 heavy (non-hydrogen) atoms. The maximum atomic E-state index is 11.9. The second-order valence-corrected chi connectivity index (χ2v) is 9.42. The number of carbonyl (C=O) groups excluding carboxylic acids is 2. The van der Waals surface area contributed by atoms with Gasteiger partial charge in [0.15, 0.2) is 0 Å². The first kappa shape index (κ1) is 17.5. The van der Waals surface area contributed by atoms with Crippen molar-refractivity contribution >= 4 is 12.1 Å². The molecule has 0 saturated carbocycles. The molecule has 5 nitrogen and oxygen atoms in total. The summed E-state index contributed by atoms with van der Waals surface area (Å²) in [4.78, 5) is 23.2. The summed E-state index contributed by atoms with van der Waals surface area (Å²) < 4.78 is 11.6. The summed E-state index contributed by atoms with van der Waals surface area (Å²) in [6, 6.07) is 0. The van der Waals surface area contributed by atoms with Crippen molar-refractivity contribution in [3.63, 3.8) is 0 Å². The second kappa shape index (κ2) is 7.47. The number of alkyl halides is 2. The first-order chi connectivity index (χ1) is 9.17. The minimum absolute atomic E-state index is 0.0579. The molecule has 1 N–H and O–H groups in total. The Labute approximate surface area is 131 Å². The van der Waals surface area contributed by atoms with Crippen molar-refractivity contribution in [2.24, 2.45) is 5.92 Å². The molecule has 0 aromatic rings. The van der Waals surface area contributed by atoms with E-state index in [4.69, 9.17) is 9.47 Å². The van der Waals surface area contributed by atoms with Crippen LogP contribution in [0, 0.1) is 5.92 Å². The molecule has 0 spiro atoms. The Morgan fingerprint density at radius 2 is 2.15 bits per heavy atom. The monoisotopic (exact) mass is 398 g/mol. The molecule has 1 aliphatic rings. The normalized spacial score (nSPS) is 20.9. The molecule has 1 unspecified atom stereocenters. The number of nitrogens with one attached hydrogen (secondary N) is 1. The predicted octanol–water partition coefficient (Wildman–Crippen LogP) is -0.712. The average molecular weight is 398 g/mol. The fraction of sp³-hybridized carbons (Fsp3) is 0.857. The maximum absolute atomic E-state index is 11.9. The van der Waals surface area contributed by atoms with Crippen LogP contribution >= 0.6 is 0 Å². The Hall–Kier alpha value is -0.530. The molecule has 1 aliphatic heterocycles. The zero-order valence-corrected chi connectivity index (χ0v) is 15.0. The first-order valence-electron chi connectivity index (χ1n) is 6.94.